The first-order chi connectivity index (χ1) is 15.3. The van der Waals surface area contributed by atoms with E-state index in [-0.39, 0.29) is 21.2 Å². The second-order valence-corrected chi connectivity index (χ2v) is 8.92. The molecule has 1 unspecified atom stereocenters. The number of hydrogen-bond donors (Lipinski definition) is 1. The van der Waals surface area contributed by atoms with Crippen molar-refractivity contribution in [2.45, 2.75) is 29.9 Å². The van der Waals surface area contributed by atoms with Crippen molar-refractivity contribution in [1.82, 2.24) is 14.9 Å². The fourth-order valence-electron chi connectivity index (χ4n) is 3.24. The maximum atomic E-state index is 12.9. The number of nitrogens with one attached hydrogen (secondary N) is 1. The summed E-state index contributed by atoms with van der Waals surface area (Å²) in [5, 5.41) is 3.74. The van der Waals surface area contributed by atoms with Crippen molar-refractivity contribution in [2.75, 3.05) is 5.32 Å². The van der Waals surface area contributed by atoms with Crippen LogP contribution in [0.15, 0.2) is 58.8 Å². The summed E-state index contributed by atoms with van der Waals surface area (Å²) < 4.78 is 0. The summed E-state index contributed by atoms with van der Waals surface area (Å²) in [6.07, 6.45) is 3.33. The largest absolute Gasteiger partial charge is 0.324 e. The quantitative estimate of drug-likeness (QED) is 0.408. The first kappa shape index (κ1) is 22.3. The maximum absolute atomic E-state index is 12.9. The minimum absolute atomic E-state index is 0.129. The number of carbonyl (C=O) groups excluding carboxylic acids is 3. The number of anilines is 1. The number of fused-ring (bicyclic) bond motifs is 1. The molecular weight excluding hydrogens is 471 g/mol. The average Bonchev–Trinajstić information content (AvgIpc) is 3.00. The molecule has 0 saturated heterocycles. The fourth-order valence-corrected chi connectivity index (χ4v) is 4.38. The van der Waals surface area contributed by atoms with Crippen molar-refractivity contribution >= 4 is 58.4 Å². The van der Waals surface area contributed by atoms with E-state index in [2.05, 4.69) is 15.3 Å². The van der Waals surface area contributed by atoms with Crippen molar-refractivity contribution in [3.8, 4) is 0 Å². The van der Waals surface area contributed by atoms with Crippen LogP contribution in [0, 0.1) is 6.92 Å². The molecule has 0 saturated carbocycles. The van der Waals surface area contributed by atoms with Crippen LogP contribution in [0.25, 0.3) is 0 Å². The Labute approximate surface area is 198 Å². The Hall–Kier alpha value is -2.94. The molecule has 1 atom stereocenters. The molecular formula is C22H16Cl2N4O3S. The van der Waals surface area contributed by atoms with Crippen molar-refractivity contribution in [1.29, 1.82) is 0 Å². The van der Waals surface area contributed by atoms with Crippen LogP contribution >= 0.6 is 35.0 Å². The maximum Gasteiger partial charge on any atom is 0.262 e. The SMILES string of the molecule is Cc1cc(Sc2ncccn2)ccc1NC(=O)C(C)N1C(=O)c2cc(Cl)c(Cl)cc2C1=O. The van der Waals surface area contributed by atoms with Crippen molar-refractivity contribution in [2.24, 2.45) is 0 Å². The Morgan fingerprint density at radius 3 is 2.19 bits per heavy atom. The molecule has 2 aromatic carbocycles. The molecule has 1 aliphatic rings. The van der Waals surface area contributed by atoms with Gasteiger partial charge in [-0.15, -0.1) is 0 Å². The molecule has 0 bridgehead atoms. The van der Waals surface area contributed by atoms with Crippen molar-refractivity contribution < 1.29 is 14.4 Å². The zero-order chi connectivity index (χ0) is 23.0. The Bertz CT molecular complexity index is 1210. The number of carbonyl (C=O) groups is 3. The van der Waals surface area contributed by atoms with Crippen molar-refractivity contribution in [3.05, 3.63) is 75.5 Å². The monoisotopic (exact) mass is 486 g/mol. The predicted octanol–water partition coefficient (Wildman–Crippen LogP) is 4.87. The number of amides is 3. The molecule has 1 N–H and O–H groups in total. The molecule has 0 radical (unpaired) electrons. The summed E-state index contributed by atoms with van der Waals surface area (Å²) in [6, 6.07) is 8.89. The molecule has 1 aliphatic heterocycles. The lowest BCUT2D eigenvalue weighted by Gasteiger charge is -2.22. The van der Waals surface area contributed by atoms with Gasteiger partial charge in [0.1, 0.15) is 6.04 Å². The van der Waals surface area contributed by atoms with E-state index in [0.717, 1.165) is 15.4 Å². The molecule has 2 heterocycles. The van der Waals surface area contributed by atoms with E-state index in [9.17, 15) is 14.4 Å². The molecule has 10 heteroatoms. The highest BCUT2D eigenvalue weighted by Crippen LogP contribution is 2.33. The number of aryl methyl sites for hydroxylation is 1. The molecule has 0 aliphatic carbocycles. The molecule has 7 nitrogen and oxygen atoms in total. The number of halogens is 2. The minimum Gasteiger partial charge on any atom is -0.324 e. The highest BCUT2D eigenvalue weighted by molar-refractivity contribution is 7.99. The molecule has 3 aromatic rings. The lowest BCUT2D eigenvalue weighted by atomic mass is 10.1. The lowest BCUT2D eigenvalue weighted by molar-refractivity contribution is -0.119. The zero-order valence-electron chi connectivity index (χ0n) is 16.9. The Morgan fingerprint density at radius 2 is 1.62 bits per heavy atom. The molecule has 1 aromatic heterocycles. The number of hydrogen-bond acceptors (Lipinski definition) is 6. The number of aromatic nitrogens is 2. The van der Waals surface area contributed by atoms with Gasteiger partial charge in [-0.05, 0) is 67.6 Å². The minimum atomic E-state index is -1.04. The van der Waals surface area contributed by atoms with Crippen LogP contribution in [0.5, 0.6) is 0 Å². The van der Waals surface area contributed by atoms with Crippen LogP contribution in [0.4, 0.5) is 5.69 Å². The summed E-state index contributed by atoms with van der Waals surface area (Å²) in [4.78, 5) is 48.6. The highest BCUT2D eigenvalue weighted by Gasteiger charge is 2.41. The Kier molecular flexibility index (Phi) is 6.19. The Morgan fingerprint density at radius 1 is 1.03 bits per heavy atom. The van der Waals surface area contributed by atoms with E-state index in [1.807, 2.05) is 19.1 Å². The van der Waals surface area contributed by atoms with Crippen LogP contribution in [0.3, 0.4) is 0 Å². The normalized spacial score (nSPS) is 13.8. The number of benzene rings is 2. The smallest absolute Gasteiger partial charge is 0.262 e. The summed E-state index contributed by atoms with van der Waals surface area (Å²) in [5.41, 5.74) is 1.64. The predicted molar refractivity (Wildman–Crippen MR) is 122 cm³/mol. The number of imide groups is 1. The lowest BCUT2D eigenvalue weighted by Crippen LogP contribution is -2.45. The van der Waals surface area contributed by atoms with E-state index in [1.165, 1.54) is 30.8 Å². The highest BCUT2D eigenvalue weighted by atomic mass is 35.5. The molecule has 0 spiro atoms. The molecule has 4 rings (SSSR count). The van der Waals surface area contributed by atoms with Gasteiger partial charge in [-0.3, -0.25) is 19.3 Å². The van der Waals surface area contributed by atoms with Gasteiger partial charge in [0.15, 0.2) is 5.16 Å². The van der Waals surface area contributed by atoms with Gasteiger partial charge < -0.3 is 5.32 Å². The second-order valence-electron chi connectivity index (χ2n) is 7.07. The first-order valence-corrected chi connectivity index (χ1v) is 11.1. The first-order valence-electron chi connectivity index (χ1n) is 9.49. The van der Waals surface area contributed by atoms with Gasteiger partial charge in [0, 0.05) is 23.0 Å². The third kappa shape index (κ3) is 4.21. The number of nitrogens with zero attached hydrogens (tertiary/aromatic N) is 3. The van der Waals surface area contributed by atoms with Gasteiger partial charge in [0.25, 0.3) is 11.8 Å². The van der Waals surface area contributed by atoms with E-state index in [1.54, 1.807) is 24.5 Å². The van der Waals surface area contributed by atoms with E-state index in [4.69, 9.17) is 23.2 Å². The third-order valence-corrected chi connectivity index (χ3v) is 6.54. The summed E-state index contributed by atoms with van der Waals surface area (Å²) >= 11 is 13.4. The van der Waals surface area contributed by atoms with Crippen LogP contribution < -0.4 is 5.32 Å². The molecule has 162 valence electrons. The van der Waals surface area contributed by atoms with E-state index in [0.29, 0.717) is 10.8 Å². The number of rotatable bonds is 5. The summed E-state index contributed by atoms with van der Waals surface area (Å²) in [6.45, 7) is 3.34. The summed E-state index contributed by atoms with van der Waals surface area (Å²) in [5.74, 6) is -1.67. The van der Waals surface area contributed by atoms with Gasteiger partial charge in [0.05, 0.1) is 21.2 Å². The summed E-state index contributed by atoms with van der Waals surface area (Å²) in [7, 11) is 0. The van der Waals surface area contributed by atoms with Crippen LogP contribution in [0.1, 0.15) is 33.2 Å². The van der Waals surface area contributed by atoms with E-state index >= 15 is 0 Å². The Balaban J connectivity index is 1.49. The van der Waals surface area contributed by atoms with Gasteiger partial charge in [-0.25, -0.2) is 9.97 Å². The third-order valence-electron chi connectivity index (χ3n) is 4.93. The molecule has 3 amide bonds. The van der Waals surface area contributed by atoms with Crippen LogP contribution in [-0.2, 0) is 4.79 Å². The fraction of sp³-hybridized carbons (Fsp3) is 0.136. The van der Waals surface area contributed by atoms with Crippen molar-refractivity contribution in [3.63, 3.8) is 0 Å². The van der Waals surface area contributed by atoms with Crippen LogP contribution in [0.2, 0.25) is 10.0 Å². The molecule has 32 heavy (non-hydrogen) atoms. The average molecular weight is 487 g/mol. The van der Waals surface area contributed by atoms with E-state index < -0.39 is 23.8 Å². The van der Waals surface area contributed by atoms with Gasteiger partial charge >= 0.3 is 0 Å². The van der Waals surface area contributed by atoms with Gasteiger partial charge in [0.2, 0.25) is 5.91 Å². The topological polar surface area (TPSA) is 92.3 Å². The standard InChI is InChI=1S/C22H16Cl2N4O3S/c1-11-8-13(32-22-25-6-3-7-26-22)4-5-18(11)27-19(29)12(2)28-20(30)14-9-16(23)17(24)10-15(14)21(28)31/h3-10,12H,1-2H3,(H,27,29). The van der Waals surface area contributed by atoms with Gasteiger partial charge in [-0.2, -0.15) is 0 Å². The zero-order valence-corrected chi connectivity index (χ0v) is 19.3. The second kappa shape index (κ2) is 8.90. The van der Waals surface area contributed by atoms with Crippen LogP contribution in [-0.4, -0.2) is 38.6 Å². The van der Waals surface area contributed by atoms with Gasteiger partial charge in [-0.1, -0.05) is 23.2 Å². The molecule has 0 fully saturated rings.